The summed E-state index contributed by atoms with van der Waals surface area (Å²) in [6.07, 6.45) is 4.17. The topological polar surface area (TPSA) is 81.4 Å². The predicted molar refractivity (Wildman–Crippen MR) is 82.6 cm³/mol. The summed E-state index contributed by atoms with van der Waals surface area (Å²) >= 11 is 0. The SMILES string of the molecule is COC(=O)C1C2CCC(C2)C1NC(=O)CCc1c(C)noc1C. The zero-order chi connectivity index (χ0) is 16.6. The summed E-state index contributed by atoms with van der Waals surface area (Å²) in [4.78, 5) is 24.4. The molecule has 4 atom stereocenters. The van der Waals surface area contributed by atoms with E-state index >= 15 is 0 Å². The minimum atomic E-state index is -0.187. The standard InChI is InChI=1S/C17H24N2O4/c1-9-13(10(2)23-19-9)6-7-14(20)18-16-12-5-4-11(8-12)15(16)17(21)22-3/h11-12,15-16H,4-8H2,1-3H3,(H,18,20). The van der Waals surface area contributed by atoms with E-state index in [0.29, 0.717) is 24.7 Å². The second-order valence-corrected chi connectivity index (χ2v) is 6.78. The lowest BCUT2D eigenvalue weighted by molar-refractivity contribution is -0.148. The Morgan fingerprint density at radius 2 is 2.04 bits per heavy atom. The van der Waals surface area contributed by atoms with Crippen molar-refractivity contribution in [1.29, 1.82) is 0 Å². The molecule has 1 N–H and O–H groups in total. The largest absolute Gasteiger partial charge is 0.469 e. The summed E-state index contributed by atoms with van der Waals surface area (Å²) in [6.45, 7) is 3.74. The summed E-state index contributed by atoms with van der Waals surface area (Å²) in [6, 6.07) is -0.0710. The monoisotopic (exact) mass is 320 g/mol. The Bertz CT molecular complexity index is 590. The Hall–Kier alpha value is -1.85. The maximum absolute atomic E-state index is 12.3. The molecule has 0 spiro atoms. The van der Waals surface area contributed by atoms with Crippen LogP contribution in [0.5, 0.6) is 0 Å². The van der Waals surface area contributed by atoms with Crippen molar-refractivity contribution in [3.8, 4) is 0 Å². The highest BCUT2D eigenvalue weighted by atomic mass is 16.5. The number of carbonyl (C=O) groups excluding carboxylic acids is 2. The molecule has 23 heavy (non-hydrogen) atoms. The fraction of sp³-hybridized carbons (Fsp3) is 0.706. The smallest absolute Gasteiger partial charge is 0.311 e. The van der Waals surface area contributed by atoms with Gasteiger partial charge in [0, 0.05) is 18.0 Å². The first-order valence-corrected chi connectivity index (χ1v) is 8.30. The van der Waals surface area contributed by atoms with Crippen LogP contribution in [-0.2, 0) is 20.7 Å². The van der Waals surface area contributed by atoms with E-state index in [1.54, 1.807) is 0 Å². The molecule has 2 aliphatic carbocycles. The molecule has 0 radical (unpaired) electrons. The minimum absolute atomic E-state index is 0.0172. The summed E-state index contributed by atoms with van der Waals surface area (Å²) in [5.74, 6) is 1.15. The molecule has 1 heterocycles. The molecular formula is C17H24N2O4. The number of nitrogens with zero attached hydrogens (tertiary/aromatic N) is 1. The molecule has 2 bridgehead atoms. The van der Waals surface area contributed by atoms with Crippen LogP contribution in [-0.4, -0.2) is 30.2 Å². The van der Waals surface area contributed by atoms with Gasteiger partial charge in [0.25, 0.3) is 0 Å². The first-order chi connectivity index (χ1) is 11.0. The first kappa shape index (κ1) is 16.0. The summed E-state index contributed by atoms with van der Waals surface area (Å²) in [5, 5.41) is 6.99. The van der Waals surface area contributed by atoms with Crippen LogP contribution in [0.3, 0.4) is 0 Å². The molecule has 6 nitrogen and oxygen atoms in total. The van der Waals surface area contributed by atoms with Crippen LogP contribution in [0.1, 0.15) is 42.7 Å². The zero-order valence-electron chi connectivity index (χ0n) is 13.9. The van der Waals surface area contributed by atoms with Gasteiger partial charge in [-0.1, -0.05) is 5.16 Å². The van der Waals surface area contributed by atoms with Crippen molar-refractivity contribution in [3.05, 3.63) is 17.0 Å². The van der Waals surface area contributed by atoms with Crippen LogP contribution in [0.25, 0.3) is 0 Å². The third-order valence-electron chi connectivity index (χ3n) is 5.50. The number of methoxy groups -OCH3 is 1. The molecule has 1 aromatic heterocycles. The Morgan fingerprint density at radius 1 is 1.30 bits per heavy atom. The highest BCUT2D eigenvalue weighted by molar-refractivity contribution is 5.79. The zero-order valence-corrected chi connectivity index (χ0v) is 13.9. The van der Waals surface area contributed by atoms with E-state index < -0.39 is 0 Å². The number of nitrogens with one attached hydrogen (secondary N) is 1. The molecule has 1 amide bonds. The number of fused-ring (bicyclic) bond motifs is 2. The fourth-order valence-electron chi connectivity index (χ4n) is 4.33. The van der Waals surface area contributed by atoms with Crippen molar-refractivity contribution in [2.75, 3.05) is 7.11 Å². The Morgan fingerprint density at radius 3 is 2.70 bits per heavy atom. The summed E-state index contributed by atoms with van der Waals surface area (Å²) in [5.41, 5.74) is 1.83. The van der Waals surface area contributed by atoms with Crippen LogP contribution in [0, 0.1) is 31.6 Å². The van der Waals surface area contributed by atoms with Crippen molar-refractivity contribution in [3.63, 3.8) is 0 Å². The van der Waals surface area contributed by atoms with Crippen molar-refractivity contribution in [1.82, 2.24) is 10.5 Å². The lowest BCUT2D eigenvalue weighted by Gasteiger charge is -2.29. The number of carbonyl (C=O) groups is 2. The number of rotatable bonds is 5. The van der Waals surface area contributed by atoms with Crippen molar-refractivity contribution < 1.29 is 18.8 Å². The normalized spacial score (nSPS) is 28.8. The van der Waals surface area contributed by atoms with E-state index in [1.165, 1.54) is 7.11 Å². The molecule has 2 aliphatic rings. The first-order valence-electron chi connectivity index (χ1n) is 8.30. The number of aromatic nitrogens is 1. The number of hydrogen-bond donors (Lipinski definition) is 1. The van der Waals surface area contributed by atoms with Gasteiger partial charge in [-0.2, -0.15) is 0 Å². The van der Waals surface area contributed by atoms with Gasteiger partial charge < -0.3 is 14.6 Å². The molecule has 0 saturated heterocycles. The van der Waals surface area contributed by atoms with Crippen LogP contribution in [0.4, 0.5) is 0 Å². The van der Waals surface area contributed by atoms with Crippen molar-refractivity contribution in [2.24, 2.45) is 17.8 Å². The van der Waals surface area contributed by atoms with Crippen LogP contribution in [0.2, 0.25) is 0 Å². The van der Waals surface area contributed by atoms with E-state index in [2.05, 4.69) is 10.5 Å². The second kappa shape index (κ2) is 6.34. The van der Waals surface area contributed by atoms with E-state index in [4.69, 9.17) is 9.26 Å². The summed E-state index contributed by atoms with van der Waals surface area (Å²) in [7, 11) is 1.42. The quantitative estimate of drug-likeness (QED) is 0.838. The van der Waals surface area contributed by atoms with Gasteiger partial charge in [-0.05, 0) is 51.4 Å². The Balaban J connectivity index is 1.60. The summed E-state index contributed by atoms with van der Waals surface area (Å²) < 4.78 is 10.1. The number of hydrogen-bond acceptors (Lipinski definition) is 5. The minimum Gasteiger partial charge on any atom is -0.469 e. The van der Waals surface area contributed by atoms with Gasteiger partial charge in [-0.15, -0.1) is 0 Å². The lowest BCUT2D eigenvalue weighted by Crippen LogP contribution is -2.47. The molecule has 0 aliphatic heterocycles. The number of ether oxygens (including phenoxy) is 1. The molecule has 126 valence electrons. The lowest BCUT2D eigenvalue weighted by atomic mass is 9.84. The molecule has 4 unspecified atom stereocenters. The average molecular weight is 320 g/mol. The van der Waals surface area contributed by atoms with E-state index in [-0.39, 0.29) is 23.8 Å². The van der Waals surface area contributed by atoms with Gasteiger partial charge >= 0.3 is 5.97 Å². The maximum atomic E-state index is 12.3. The van der Waals surface area contributed by atoms with Crippen molar-refractivity contribution >= 4 is 11.9 Å². The van der Waals surface area contributed by atoms with Crippen LogP contribution < -0.4 is 5.32 Å². The van der Waals surface area contributed by atoms with E-state index in [0.717, 1.165) is 36.3 Å². The maximum Gasteiger partial charge on any atom is 0.311 e. The molecule has 1 aromatic rings. The molecular weight excluding hydrogens is 296 g/mol. The molecule has 0 aromatic carbocycles. The van der Waals surface area contributed by atoms with Gasteiger partial charge in [-0.3, -0.25) is 9.59 Å². The third kappa shape index (κ3) is 2.99. The molecule has 2 fully saturated rings. The number of esters is 1. The van der Waals surface area contributed by atoms with Crippen molar-refractivity contribution in [2.45, 2.75) is 52.0 Å². The van der Waals surface area contributed by atoms with Gasteiger partial charge in [-0.25, -0.2) is 0 Å². The van der Waals surface area contributed by atoms with Gasteiger partial charge in [0.05, 0.1) is 18.7 Å². The highest BCUT2D eigenvalue weighted by Crippen LogP contribution is 2.48. The fourth-order valence-corrected chi connectivity index (χ4v) is 4.33. The molecule has 2 saturated carbocycles. The van der Waals surface area contributed by atoms with Crippen LogP contribution >= 0.6 is 0 Å². The van der Waals surface area contributed by atoms with Gasteiger partial charge in [0.2, 0.25) is 5.91 Å². The van der Waals surface area contributed by atoms with E-state index in [9.17, 15) is 9.59 Å². The highest BCUT2D eigenvalue weighted by Gasteiger charge is 2.51. The Labute approximate surface area is 135 Å². The molecule has 6 heteroatoms. The average Bonchev–Trinajstić information content (AvgIpc) is 3.21. The molecule has 3 rings (SSSR count). The van der Waals surface area contributed by atoms with Gasteiger partial charge in [0.15, 0.2) is 0 Å². The predicted octanol–water partition coefficient (Wildman–Crippen LogP) is 1.93. The number of amides is 1. The van der Waals surface area contributed by atoms with Gasteiger partial charge in [0.1, 0.15) is 5.76 Å². The number of aryl methyl sites for hydroxylation is 2. The van der Waals surface area contributed by atoms with Crippen LogP contribution in [0.15, 0.2) is 4.52 Å². The third-order valence-corrected chi connectivity index (χ3v) is 5.50. The Kier molecular flexibility index (Phi) is 4.41. The second-order valence-electron chi connectivity index (χ2n) is 6.78. The van der Waals surface area contributed by atoms with E-state index in [1.807, 2.05) is 13.8 Å².